The minimum Gasteiger partial charge on any atom is -0.370 e. The van der Waals surface area contributed by atoms with Crippen molar-refractivity contribution in [2.75, 3.05) is 26.7 Å². The summed E-state index contributed by atoms with van der Waals surface area (Å²) in [6, 6.07) is 4.22. The lowest BCUT2D eigenvalue weighted by Gasteiger charge is -2.34. The number of nitrogens with one attached hydrogen (secondary N) is 1. The van der Waals surface area contributed by atoms with Crippen LogP contribution in [0.1, 0.15) is 24.1 Å². The molecule has 1 unspecified atom stereocenters. The van der Waals surface area contributed by atoms with E-state index in [1.54, 1.807) is 11.3 Å². The van der Waals surface area contributed by atoms with Crippen LogP contribution in [0, 0.1) is 5.92 Å². The van der Waals surface area contributed by atoms with Gasteiger partial charge in [-0.05, 0) is 53.2 Å². The molecule has 1 amide bonds. The van der Waals surface area contributed by atoms with E-state index in [0.717, 1.165) is 48.6 Å². The Morgan fingerprint density at radius 3 is 3.05 bits per heavy atom. The lowest BCUT2D eigenvalue weighted by molar-refractivity contribution is -0.119. The first-order valence-corrected chi connectivity index (χ1v) is 9.17. The Kier molecular flexibility index (Phi) is 6.70. The van der Waals surface area contributed by atoms with Crippen molar-refractivity contribution in [1.82, 2.24) is 10.2 Å². The smallest absolute Gasteiger partial charge is 0.217 e. The first-order valence-electron chi connectivity index (χ1n) is 7.56. The van der Waals surface area contributed by atoms with E-state index in [2.05, 4.69) is 43.3 Å². The van der Waals surface area contributed by atoms with Gasteiger partial charge in [-0.25, -0.2) is 0 Å². The van der Waals surface area contributed by atoms with Crippen molar-refractivity contribution in [1.29, 1.82) is 0 Å². The van der Waals surface area contributed by atoms with E-state index in [1.807, 2.05) is 7.05 Å². The van der Waals surface area contributed by atoms with Crippen LogP contribution in [0.25, 0.3) is 0 Å². The van der Waals surface area contributed by atoms with Gasteiger partial charge in [-0.2, -0.15) is 0 Å². The predicted octanol–water partition coefficient (Wildman–Crippen LogP) is 2.22. The van der Waals surface area contributed by atoms with Crippen LogP contribution in [-0.4, -0.2) is 43.4 Å². The number of primary amides is 1. The maximum Gasteiger partial charge on any atom is 0.217 e. The van der Waals surface area contributed by atoms with E-state index in [1.165, 1.54) is 4.88 Å². The number of piperidine rings is 1. The average molecular weight is 387 g/mol. The molecular weight excluding hydrogens is 364 g/mol. The summed E-state index contributed by atoms with van der Waals surface area (Å²) in [7, 11) is 1.81. The van der Waals surface area contributed by atoms with Crippen molar-refractivity contribution in [3.05, 3.63) is 20.8 Å². The van der Waals surface area contributed by atoms with Crippen LogP contribution >= 0.6 is 27.3 Å². The van der Waals surface area contributed by atoms with Gasteiger partial charge in [0.25, 0.3) is 0 Å². The first kappa shape index (κ1) is 17.3. The zero-order valence-electron chi connectivity index (χ0n) is 12.8. The van der Waals surface area contributed by atoms with Crippen molar-refractivity contribution in [2.24, 2.45) is 16.6 Å². The molecule has 0 aliphatic carbocycles. The maximum atomic E-state index is 11.1. The zero-order valence-corrected chi connectivity index (χ0v) is 15.3. The monoisotopic (exact) mass is 386 g/mol. The Balaban J connectivity index is 1.81. The quantitative estimate of drug-likeness (QED) is 0.601. The molecule has 2 rings (SSSR count). The highest BCUT2D eigenvalue weighted by atomic mass is 79.9. The summed E-state index contributed by atoms with van der Waals surface area (Å²) >= 11 is 5.25. The highest BCUT2D eigenvalue weighted by Crippen LogP contribution is 2.22. The van der Waals surface area contributed by atoms with Crippen LogP contribution < -0.4 is 11.1 Å². The number of nitrogens with zero attached hydrogens (tertiary/aromatic N) is 2. The molecule has 1 aromatic rings. The number of carbonyl (C=O) groups is 1. The minimum absolute atomic E-state index is 0.210. The van der Waals surface area contributed by atoms with Crippen LogP contribution in [0.15, 0.2) is 20.9 Å². The van der Waals surface area contributed by atoms with Gasteiger partial charge in [0.05, 0.1) is 3.79 Å². The molecule has 3 N–H and O–H groups in total. The van der Waals surface area contributed by atoms with Gasteiger partial charge in [0.2, 0.25) is 5.91 Å². The molecule has 0 radical (unpaired) electrons. The summed E-state index contributed by atoms with van der Waals surface area (Å²) in [6.45, 7) is 2.70. The van der Waals surface area contributed by atoms with Crippen LogP contribution in [0.5, 0.6) is 0 Å². The van der Waals surface area contributed by atoms with Gasteiger partial charge < -0.3 is 16.0 Å². The number of amides is 1. The standard InChI is InChI=1S/C15H23BrN4OS/c1-18-15(19-7-6-12-4-5-13(16)22-12)20-8-2-3-11(10-20)9-14(17)21/h4-5,11H,2-3,6-10H2,1H3,(H2,17,21)(H,18,19). The molecule has 7 heteroatoms. The Labute approximate surface area is 144 Å². The summed E-state index contributed by atoms with van der Waals surface area (Å²) < 4.78 is 1.16. The third-order valence-electron chi connectivity index (χ3n) is 3.80. The van der Waals surface area contributed by atoms with Gasteiger partial charge in [-0.1, -0.05) is 0 Å². The molecule has 2 heterocycles. The van der Waals surface area contributed by atoms with Crippen LogP contribution in [-0.2, 0) is 11.2 Å². The Hall–Kier alpha value is -1.08. The van der Waals surface area contributed by atoms with Gasteiger partial charge in [-0.15, -0.1) is 11.3 Å². The van der Waals surface area contributed by atoms with Crippen molar-refractivity contribution >= 4 is 39.1 Å². The highest BCUT2D eigenvalue weighted by molar-refractivity contribution is 9.11. The van der Waals surface area contributed by atoms with Gasteiger partial charge in [0.1, 0.15) is 0 Å². The SMILES string of the molecule is CN=C(NCCc1ccc(Br)s1)N1CCCC(CC(N)=O)C1. The molecule has 0 spiro atoms. The molecule has 1 aliphatic heterocycles. The van der Waals surface area contributed by atoms with Crippen molar-refractivity contribution in [3.8, 4) is 0 Å². The third-order valence-corrected chi connectivity index (χ3v) is 5.49. The zero-order chi connectivity index (χ0) is 15.9. The number of thiophene rings is 1. The van der Waals surface area contributed by atoms with Crippen molar-refractivity contribution < 1.29 is 4.79 Å². The van der Waals surface area contributed by atoms with Gasteiger partial charge in [0.15, 0.2) is 5.96 Å². The lowest BCUT2D eigenvalue weighted by Crippen LogP contribution is -2.47. The number of halogens is 1. The largest absolute Gasteiger partial charge is 0.370 e. The number of rotatable bonds is 5. The molecule has 1 fully saturated rings. The summed E-state index contributed by atoms with van der Waals surface area (Å²) in [6.07, 6.45) is 3.60. The predicted molar refractivity (Wildman–Crippen MR) is 95.2 cm³/mol. The molecule has 1 atom stereocenters. The van der Waals surface area contributed by atoms with E-state index in [9.17, 15) is 4.79 Å². The normalized spacial score (nSPS) is 19.3. The highest BCUT2D eigenvalue weighted by Gasteiger charge is 2.23. The van der Waals surface area contributed by atoms with E-state index in [4.69, 9.17) is 5.73 Å². The second-order valence-electron chi connectivity index (χ2n) is 5.55. The second-order valence-corrected chi connectivity index (χ2v) is 8.10. The maximum absolute atomic E-state index is 11.1. The molecule has 1 saturated heterocycles. The Morgan fingerprint density at radius 2 is 2.41 bits per heavy atom. The Bertz CT molecular complexity index is 531. The summed E-state index contributed by atoms with van der Waals surface area (Å²) in [5.41, 5.74) is 5.32. The number of nitrogens with two attached hydrogens (primary N) is 1. The van der Waals surface area contributed by atoms with Gasteiger partial charge >= 0.3 is 0 Å². The second kappa shape index (κ2) is 8.53. The van der Waals surface area contributed by atoms with E-state index < -0.39 is 0 Å². The molecule has 0 aromatic carbocycles. The fourth-order valence-corrected chi connectivity index (χ4v) is 4.31. The number of guanidine groups is 1. The molecule has 5 nitrogen and oxygen atoms in total. The van der Waals surface area contributed by atoms with Crippen LogP contribution in [0.4, 0.5) is 0 Å². The summed E-state index contributed by atoms with van der Waals surface area (Å²) in [5, 5.41) is 3.42. The molecule has 22 heavy (non-hydrogen) atoms. The molecule has 0 bridgehead atoms. The molecule has 1 aliphatic rings. The summed E-state index contributed by atoms with van der Waals surface area (Å²) in [4.78, 5) is 19.1. The number of carbonyl (C=O) groups excluding carboxylic acids is 1. The fourth-order valence-electron chi connectivity index (χ4n) is 2.82. The van der Waals surface area contributed by atoms with E-state index >= 15 is 0 Å². The van der Waals surface area contributed by atoms with Crippen LogP contribution in [0.3, 0.4) is 0 Å². The molecule has 122 valence electrons. The average Bonchev–Trinajstić information content (AvgIpc) is 2.89. The first-order chi connectivity index (χ1) is 10.6. The van der Waals surface area contributed by atoms with Gasteiger partial charge in [-0.3, -0.25) is 9.79 Å². The summed E-state index contributed by atoms with van der Waals surface area (Å²) in [5.74, 6) is 1.06. The Morgan fingerprint density at radius 1 is 1.59 bits per heavy atom. The number of aliphatic imine (C=N–C) groups is 1. The number of hydrogen-bond acceptors (Lipinski definition) is 3. The van der Waals surface area contributed by atoms with E-state index in [0.29, 0.717) is 12.3 Å². The number of likely N-dealkylation sites (tertiary alicyclic amines) is 1. The lowest BCUT2D eigenvalue weighted by atomic mass is 9.95. The van der Waals surface area contributed by atoms with Crippen molar-refractivity contribution in [2.45, 2.75) is 25.7 Å². The van der Waals surface area contributed by atoms with Crippen molar-refractivity contribution in [3.63, 3.8) is 0 Å². The molecule has 1 aromatic heterocycles. The molecular formula is C15H23BrN4OS. The third kappa shape index (κ3) is 5.28. The van der Waals surface area contributed by atoms with Crippen LogP contribution in [0.2, 0.25) is 0 Å². The van der Waals surface area contributed by atoms with E-state index in [-0.39, 0.29) is 5.91 Å². The number of hydrogen-bond donors (Lipinski definition) is 2. The van der Waals surface area contributed by atoms with Gasteiger partial charge in [0, 0.05) is 38.0 Å². The molecule has 0 saturated carbocycles. The minimum atomic E-state index is -0.210. The topological polar surface area (TPSA) is 70.7 Å². The fraction of sp³-hybridized carbons (Fsp3) is 0.600.